The van der Waals surface area contributed by atoms with Crippen LogP contribution in [0.2, 0.25) is 0 Å². The standard InChI is InChI=1S/C21H21F4NO6/c1-26-19(30)12-4-2-3-10(7-12)11-5-6-14(13(8-11)21(23,24)25)31-20-16(22)18(29)17(28)15(9-27)32-20/h2-8,15-18,20,27-29H,9H2,1H3,(H,26,30)/t15-,16+,17-,18-,20+/m1/s1. The average molecular weight is 459 g/mol. The maximum Gasteiger partial charge on any atom is 0.419 e. The third-order valence-electron chi connectivity index (χ3n) is 5.02. The number of aliphatic hydroxyl groups excluding tert-OH is 3. The van der Waals surface area contributed by atoms with Crippen LogP contribution in [0, 0.1) is 0 Å². The molecule has 1 aliphatic heterocycles. The molecular weight excluding hydrogens is 438 g/mol. The molecule has 3 rings (SSSR count). The number of benzene rings is 2. The van der Waals surface area contributed by atoms with Gasteiger partial charge in [0.05, 0.1) is 12.2 Å². The van der Waals surface area contributed by atoms with E-state index in [4.69, 9.17) is 9.47 Å². The minimum absolute atomic E-state index is 0.125. The summed E-state index contributed by atoms with van der Waals surface area (Å²) >= 11 is 0. The molecule has 0 spiro atoms. The molecule has 2 aromatic carbocycles. The Hall–Kier alpha value is -2.73. The van der Waals surface area contributed by atoms with E-state index in [0.29, 0.717) is 5.56 Å². The monoisotopic (exact) mass is 459 g/mol. The van der Waals surface area contributed by atoms with Crippen LogP contribution in [0.4, 0.5) is 17.6 Å². The fraction of sp³-hybridized carbons (Fsp3) is 0.381. The Kier molecular flexibility index (Phi) is 7.03. The molecule has 0 aromatic heterocycles. The van der Waals surface area contributed by atoms with Gasteiger partial charge in [-0.15, -0.1) is 0 Å². The van der Waals surface area contributed by atoms with Crippen LogP contribution in [-0.2, 0) is 10.9 Å². The smallest absolute Gasteiger partial charge is 0.419 e. The molecule has 0 saturated carbocycles. The number of hydrogen-bond acceptors (Lipinski definition) is 6. The summed E-state index contributed by atoms with van der Waals surface area (Å²) in [5, 5.41) is 31.1. The lowest BCUT2D eigenvalue weighted by Gasteiger charge is -2.38. The molecule has 1 aliphatic rings. The fourth-order valence-electron chi connectivity index (χ4n) is 3.28. The summed E-state index contributed by atoms with van der Waals surface area (Å²) in [6.45, 7) is -0.808. The Morgan fingerprint density at radius 1 is 1.12 bits per heavy atom. The van der Waals surface area contributed by atoms with Crippen molar-refractivity contribution in [2.45, 2.75) is 36.9 Å². The van der Waals surface area contributed by atoms with Gasteiger partial charge in [-0.2, -0.15) is 13.2 Å². The van der Waals surface area contributed by atoms with E-state index in [1.807, 2.05) is 0 Å². The molecule has 0 radical (unpaired) electrons. The van der Waals surface area contributed by atoms with Gasteiger partial charge < -0.3 is 30.1 Å². The molecule has 7 nitrogen and oxygen atoms in total. The van der Waals surface area contributed by atoms with Crippen molar-refractivity contribution in [3.63, 3.8) is 0 Å². The van der Waals surface area contributed by atoms with Crippen molar-refractivity contribution >= 4 is 5.91 Å². The van der Waals surface area contributed by atoms with Crippen molar-refractivity contribution in [1.29, 1.82) is 0 Å². The van der Waals surface area contributed by atoms with Gasteiger partial charge >= 0.3 is 6.18 Å². The number of nitrogens with one attached hydrogen (secondary N) is 1. The second-order valence-electron chi connectivity index (χ2n) is 7.14. The Labute approximate surface area is 180 Å². The van der Waals surface area contributed by atoms with Crippen molar-refractivity contribution in [1.82, 2.24) is 5.32 Å². The summed E-state index contributed by atoms with van der Waals surface area (Å²) in [6.07, 6.45) is -14.5. The van der Waals surface area contributed by atoms with Crippen LogP contribution in [0.3, 0.4) is 0 Å². The first-order valence-corrected chi connectivity index (χ1v) is 9.53. The maximum atomic E-state index is 14.4. The SMILES string of the molecule is CNC(=O)c1cccc(-c2ccc(O[C@H]3O[C@H](CO)[C@@H](O)[C@H](O)[C@@H]3F)c(C(F)(F)F)c2)c1. The van der Waals surface area contributed by atoms with Gasteiger partial charge in [0.2, 0.25) is 6.29 Å². The van der Waals surface area contributed by atoms with E-state index in [0.717, 1.165) is 12.1 Å². The normalized spacial score (nSPS) is 25.9. The average Bonchev–Trinajstić information content (AvgIpc) is 2.78. The molecule has 174 valence electrons. The maximum absolute atomic E-state index is 14.4. The number of amides is 1. The number of carbonyl (C=O) groups excluding carboxylic acids is 1. The Morgan fingerprint density at radius 3 is 2.44 bits per heavy atom. The second kappa shape index (κ2) is 9.41. The molecule has 11 heteroatoms. The minimum atomic E-state index is -4.89. The Balaban J connectivity index is 1.96. The predicted molar refractivity (Wildman–Crippen MR) is 104 cm³/mol. The Bertz CT molecular complexity index is 968. The van der Waals surface area contributed by atoms with Gasteiger partial charge in [0.15, 0.2) is 6.17 Å². The third-order valence-corrected chi connectivity index (χ3v) is 5.02. The van der Waals surface area contributed by atoms with Crippen LogP contribution < -0.4 is 10.1 Å². The first-order chi connectivity index (χ1) is 15.1. The van der Waals surface area contributed by atoms with Crippen LogP contribution >= 0.6 is 0 Å². The fourth-order valence-corrected chi connectivity index (χ4v) is 3.28. The van der Waals surface area contributed by atoms with Crippen molar-refractivity contribution in [3.05, 3.63) is 53.6 Å². The lowest BCUT2D eigenvalue weighted by atomic mass is 9.99. The third kappa shape index (κ3) is 4.85. The van der Waals surface area contributed by atoms with Gasteiger partial charge in [0.1, 0.15) is 24.1 Å². The molecule has 0 unspecified atom stereocenters. The van der Waals surface area contributed by atoms with Crippen molar-refractivity contribution in [2.75, 3.05) is 13.7 Å². The number of alkyl halides is 4. The van der Waals surface area contributed by atoms with Crippen LogP contribution in [0.1, 0.15) is 15.9 Å². The minimum Gasteiger partial charge on any atom is -0.461 e. The van der Waals surface area contributed by atoms with Crippen molar-refractivity contribution < 1.29 is 47.1 Å². The number of halogens is 4. The second-order valence-corrected chi connectivity index (χ2v) is 7.14. The number of aliphatic hydroxyl groups is 3. The van der Waals surface area contributed by atoms with E-state index in [9.17, 15) is 37.7 Å². The topological polar surface area (TPSA) is 108 Å². The summed E-state index contributed by atoms with van der Waals surface area (Å²) in [7, 11) is 1.42. The lowest BCUT2D eigenvalue weighted by molar-refractivity contribution is -0.262. The summed E-state index contributed by atoms with van der Waals surface area (Å²) in [6, 6.07) is 8.99. The number of carbonyl (C=O) groups is 1. The zero-order valence-corrected chi connectivity index (χ0v) is 16.7. The number of ether oxygens (including phenoxy) is 2. The van der Waals surface area contributed by atoms with E-state index in [1.165, 1.54) is 37.4 Å². The number of rotatable bonds is 5. The summed E-state index contributed by atoms with van der Waals surface area (Å²) in [4.78, 5) is 11.8. The first kappa shape index (κ1) is 23.9. The van der Waals surface area contributed by atoms with Gasteiger partial charge in [-0.05, 0) is 35.4 Å². The molecule has 0 aliphatic carbocycles. The lowest BCUT2D eigenvalue weighted by Crippen LogP contribution is -2.58. The molecule has 0 bridgehead atoms. The quantitative estimate of drug-likeness (QED) is 0.509. The molecule has 1 amide bonds. The highest BCUT2D eigenvalue weighted by Gasteiger charge is 2.47. The summed E-state index contributed by atoms with van der Waals surface area (Å²) in [5.41, 5.74) is -0.533. The van der Waals surface area contributed by atoms with E-state index in [2.05, 4.69) is 5.32 Å². The van der Waals surface area contributed by atoms with Crippen molar-refractivity contribution in [2.24, 2.45) is 0 Å². The molecule has 32 heavy (non-hydrogen) atoms. The first-order valence-electron chi connectivity index (χ1n) is 9.53. The highest BCUT2D eigenvalue weighted by atomic mass is 19.4. The van der Waals surface area contributed by atoms with Gasteiger partial charge in [0, 0.05) is 12.6 Å². The molecular formula is C21H21F4NO6. The molecule has 1 fully saturated rings. The largest absolute Gasteiger partial charge is 0.461 e. The van der Waals surface area contributed by atoms with Gasteiger partial charge in [-0.25, -0.2) is 4.39 Å². The van der Waals surface area contributed by atoms with Crippen LogP contribution in [0.15, 0.2) is 42.5 Å². The number of hydrogen-bond donors (Lipinski definition) is 4. The van der Waals surface area contributed by atoms with Crippen LogP contribution in [0.25, 0.3) is 11.1 Å². The van der Waals surface area contributed by atoms with Gasteiger partial charge in [-0.3, -0.25) is 4.79 Å². The van der Waals surface area contributed by atoms with Crippen LogP contribution in [-0.4, -0.2) is 65.7 Å². The summed E-state index contributed by atoms with van der Waals surface area (Å²) in [5.74, 6) is -1.18. The molecule has 5 atom stereocenters. The highest BCUT2D eigenvalue weighted by Crippen LogP contribution is 2.40. The van der Waals surface area contributed by atoms with Gasteiger partial charge in [-0.1, -0.05) is 18.2 Å². The van der Waals surface area contributed by atoms with Crippen molar-refractivity contribution in [3.8, 4) is 16.9 Å². The van der Waals surface area contributed by atoms with E-state index < -0.39 is 60.8 Å². The molecule has 1 heterocycles. The predicted octanol–water partition coefficient (Wildman–Crippen LogP) is 1.89. The molecule has 4 N–H and O–H groups in total. The summed E-state index contributed by atoms with van der Waals surface area (Å²) < 4.78 is 65.6. The molecule has 2 aromatic rings. The van der Waals surface area contributed by atoms with Crippen LogP contribution in [0.5, 0.6) is 5.75 Å². The Morgan fingerprint density at radius 2 is 1.81 bits per heavy atom. The van der Waals surface area contributed by atoms with E-state index >= 15 is 0 Å². The van der Waals surface area contributed by atoms with Gasteiger partial charge in [0.25, 0.3) is 5.91 Å². The zero-order valence-electron chi connectivity index (χ0n) is 16.7. The van der Waals surface area contributed by atoms with E-state index in [-0.39, 0.29) is 11.1 Å². The zero-order chi connectivity index (χ0) is 23.6. The molecule has 1 saturated heterocycles. The van der Waals surface area contributed by atoms with E-state index in [1.54, 1.807) is 0 Å². The highest BCUT2D eigenvalue weighted by molar-refractivity contribution is 5.95.